The molecule has 3 aromatic rings. The Morgan fingerprint density at radius 2 is 1.83 bits per heavy atom. The molecule has 5 nitrogen and oxygen atoms in total. The summed E-state index contributed by atoms with van der Waals surface area (Å²) in [6.07, 6.45) is 4.66. The monoisotopic (exact) mass is 407 g/mol. The highest BCUT2D eigenvalue weighted by Gasteiger charge is 2.13. The lowest BCUT2D eigenvalue weighted by atomic mass is 10.0. The molecule has 0 atom stereocenters. The third kappa shape index (κ3) is 4.41. The maximum Gasteiger partial charge on any atom is 0.337 e. The summed E-state index contributed by atoms with van der Waals surface area (Å²) < 4.78 is 33.0. The number of halogens is 2. The number of aromatic nitrogens is 1. The van der Waals surface area contributed by atoms with Gasteiger partial charge in [-0.25, -0.2) is 13.6 Å². The number of nitrogens with zero attached hydrogens (tertiary/aromatic N) is 1. The zero-order chi connectivity index (χ0) is 21.8. The summed E-state index contributed by atoms with van der Waals surface area (Å²) in [5, 5.41) is 16.7. The highest BCUT2D eigenvalue weighted by Crippen LogP contribution is 2.15. The van der Waals surface area contributed by atoms with Crippen molar-refractivity contribution in [1.29, 1.82) is 10.8 Å². The molecule has 2 N–H and O–H groups in total. The van der Waals surface area contributed by atoms with Gasteiger partial charge in [0, 0.05) is 23.4 Å². The molecule has 0 unspecified atom stereocenters. The maximum absolute atomic E-state index is 13.8. The van der Waals surface area contributed by atoms with Gasteiger partial charge in [-0.1, -0.05) is 18.2 Å². The summed E-state index contributed by atoms with van der Waals surface area (Å²) in [7, 11) is 1.28. The number of rotatable bonds is 4. The van der Waals surface area contributed by atoms with Gasteiger partial charge >= 0.3 is 5.97 Å². The average Bonchev–Trinajstić information content (AvgIpc) is 2.73. The standard InChI is InChI=1S/C23H19F2N3O2/c1-14-3-6-17(23(29)30-2)11-19(14)22(27)28-13-15(5-10-21(28)26)4-7-16-8-9-18(24)12-20(16)25/h3-13,26-27H,1-2H3/b7-4+,26-21?,27-22?. The lowest BCUT2D eigenvalue weighted by Gasteiger charge is -2.13. The number of nitrogens with one attached hydrogen (secondary N) is 2. The molecular formula is C23H19F2N3O2. The van der Waals surface area contributed by atoms with E-state index < -0.39 is 17.6 Å². The van der Waals surface area contributed by atoms with E-state index in [0.29, 0.717) is 16.7 Å². The van der Waals surface area contributed by atoms with Crippen molar-refractivity contribution < 1.29 is 18.3 Å². The minimum Gasteiger partial charge on any atom is -0.465 e. The molecular weight excluding hydrogens is 388 g/mol. The van der Waals surface area contributed by atoms with Gasteiger partial charge in [-0.15, -0.1) is 0 Å². The van der Waals surface area contributed by atoms with Crippen molar-refractivity contribution in [3.63, 3.8) is 0 Å². The van der Waals surface area contributed by atoms with Gasteiger partial charge in [0.1, 0.15) is 23.0 Å². The van der Waals surface area contributed by atoms with Crippen LogP contribution in [0.5, 0.6) is 0 Å². The Morgan fingerprint density at radius 3 is 2.53 bits per heavy atom. The number of esters is 1. The van der Waals surface area contributed by atoms with Gasteiger partial charge < -0.3 is 4.74 Å². The van der Waals surface area contributed by atoms with Crippen molar-refractivity contribution in [2.45, 2.75) is 6.92 Å². The van der Waals surface area contributed by atoms with Gasteiger partial charge in [-0.3, -0.25) is 15.4 Å². The molecule has 7 heteroatoms. The first kappa shape index (κ1) is 20.9. The molecule has 0 saturated heterocycles. The number of methoxy groups -OCH3 is 1. The zero-order valence-corrected chi connectivity index (χ0v) is 16.4. The van der Waals surface area contributed by atoms with Crippen LogP contribution in [0.25, 0.3) is 12.2 Å². The fourth-order valence-corrected chi connectivity index (χ4v) is 2.88. The first-order valence-electron chi connectivity index (χ1n) is 8.99. The van der Waals surface area contributed by atoms with Gasteiger partial charge in [0.05, 0.1) is 12.7 Å². The summed E-state index contributed by atoms with van der Waals surface area (Å²) >= 11 is 0. The second kappa shape index (κ2) is 8.65. The van der Waals surface area contributed by atoms with Crippen LogP contribution in [0.3, 0.4) is 0 Å². The average molecular weight is 407 g/mol. The second-order valence-corrected chi connectivity index (χ2v) is 6.59. The minimum absolute atomic E-state index is 0.00599. The SMILES string of the molecule is COC(=O)c1ccc(C)c(C(=N)n2cc(/C=C/c3ccc(F)cc3F)ccc2=N)c1. The van der Waals surface area contributed by atoms with Crippen LogP contribution in [-0.2, 0) is 4.74 Å². The van der Waals surface area contributed by atoms with E-state index >= 15 is 0 Å². The second-order valence-electron chi connectivity index (χ2n) is 6.59. The Hall–Kier alpha value is -3.87. The molecule has 0 spiro atoms. The number of carbonyl (C=O) groups excluding carboxylic acids is 1. The Kier molecular flexibility index (Phi) is 6.01. The molecule has 0 bridgehead atoms. The van der Waals surface area contributed by atoms with E-state index in [1.807, 2.05) is 0 Å². The fraction of sp³-hybridized carbons (Fsp3) is 0.0870. The van der Waals surface area contributed by atoms with Crippen molar-refractivity contribution in [2.24, 2.45) is 0 Å². The first-order chi connectivity index (χ1) is 14.3. The van der Waals surface area contributed by atoms with Crippen molar-refractivity contribution in [1.82, 2.24) is 4.57 Å². The summed E-state index contributed by atoms with van der Waals surface area (Å²) in [4.78, 5) is 11.8. The largest absolute Gasteiger partial charge is 0.465 e. The van der Waals surface area contributed by atoms with E-state index in [4.69, 9.17) is 15.6 Å². The summed E-state index contributed by atoms with van der Waals surface area (Å²) in [5.74, 6) is -1.84. The molecule has 30 heavy (non-hydrogen) atoms. The lowest BCUT2D eigenvalue weighted by molar-refractivity contribution is 0.0600. The van der Waals surface area contributed by atoms with E-state index in [-0.39, 0.29) is 16.9 Å². The summed E-state index contributed by atoms with van der Waals surface area (Å²) in [6, 6.07) is 11.3. The van der Waals surface area contributed by atoms with Crippen LogP contribution >= 0.6 is 0 Å². The number of carbonyl (C=O) groups is 1. The summed E-state index contributed by atoms with van der Waals surface area (Å²) in [6.45, 7) is 1.80. The molecule has 152 valence electrons. The van der Waals surface area contributed by atoms with Crippen molar-refractivity contribution >= 4 is 24.0 Å². The van der Waals surface area contributed by atoms with Crippen LogP contribution in [-0.4, -0.2) is 23.5 Å². The van der Waals surface area contributed by atoms with Gasteiger partial charge in [-0.05, 0) is 54.4 Å². The van der Waals surface area contributed by atoms with Gasteiger partial charge in [-0.2, -0.15) is 0 Å². The third-order valence-corrected chi connectivity index (χ3v) is 4.54. The Balaban J connectivity index is 1.97. The number of hydrogen-bond acceptors (Lipinski definition) is 4. The number of hydrogen-bond donors (Lipinski definition) is 2. The molecule has 3 rings (SSSR count). The molecule has 1 heterocycles. The van der Waals surface area contributed by atoms with Crippen LogP contribution < -0.4 is 5.49 Å². The van der Waals surface area contributed by atoms with E-state index in [1.165, 1.54) is 36.0 Å². The Labute approximate surface area is 171 Å². The molecule has 1 aromatic heterocycles. The first-order valence-corrected chi connectivity index (χ1v) is 8.99. The lowest BCUT2D eigenvalue weighted by Crippen LogP contribution is -2.27. The highest BCUT2D eigenvalue weighted by atomic mass is 19.1. The van der Waals surface area contributed by atoms with Gasteiger partial charge in [0.15, 0.2) is 0 Å². The Morgan fingerprint density at radius 1 is 1.07 bits per heavy atom. The minimum atomic E-state index is -0.681. The molecule has 2 aromatic carbocycles. The molecule has 0 fully saturated rings. The molecule has 0 amide bonds. The predicted molar refractivity (Wildman–Crippen MR) is 110 cm³/mol. The smallest absolute Gasteiger partial charge is 0.337 e. The normalized spacial score (nSPS) is 10.9. The Bertz CT molecular complexity index is 1230. The quantitative estimate of drug-likeness (QED) is 0.382. The van der Waals surface area contributed by atoms with Gasteiger partial charge in [0.2, 0.25) is 0 Å². The maximum atomic E-state index is 13.8. The predicted octanol–water partition coefficient (Wildman–Crippen LogP) is 4.38. The third-order valence-electron chi connectivity index (χ3n) is 4.54. The van der Waals surface area contributed by atoms with Crippen LogP contribution in [0.4, 0.5) is 8.78 Å². The van der Waals surface area contributed by atoms with Crippen LogP contribution in [0.15, 0.2) is 54.7 Å². The summed E-state index contributed by atoms with van der Waals surface area (Å²) in [5.41, 5.74) is 2.43. The van der Waals surface area contributed by atoms with E-state index in [0.717, 1.165) is 11.6 Å². The topological polar surface area (TPSA) is 78.9 Å². The van der Waals surface area contributed by atoms with Crippen molar-refractivity contribution in [3.8, 4) is 0 Å². The molecule has 0 aliphatic carbocycles. The van der Waals surface area contributed by atoms with Crippen LogP contribution in [0.2, 0.25) is 0 Å². The van der Waals surface area contributed by atoms with Crippen molar-refractivity contribution in [3.05, 3.63) is 99.7 Å². The van der Waals surface area contributed by atoms with Crippen molar-refractivity contribution in [2.75, 3.05) is 7.11 Å². The number of ether oxygens (including phenoxy) is 1. The molecule has 0 saturated carbocycles. The van der Waals surface area contributed by atoms with E-state index in [1.54, 1.807) is 43.5 Å². The highest BCUT2D eigenvalue weighted by molar-refractivity contribution is 6.01. The van der Waals surface area contributed by atoms with Gasteiger partial charge in [0.25, 0.3) is 0 Å². The zero-order valence-electron chi connectivity index (χ0n) is 16.4. The molecule has 0 aliphatic heterocycles. The fourth-order valence-electron chi connectivity index (χ4n) is 2.88. The van der Waals surface area contributed by atoms with Crippen LogP contribution in [0.1, 0.15) is 32.6 Å². The van der Waals surface area contributed by atoms with Crippen LogP contribution in [0, 0.1) is 29.4 Å². The molecule has 0 radical (unpaired) electrons. The van der Waals surface area contributed by atoms with E-state index in [9.17, 15) is 13.6 Å². The van der Waals surface area contributed by atoms with E-state index in [2.05, 4.69) is 0 Å². The number of benzene rings is 2. The number of aryl methyl sites for hydroxylation is 1. The number of pyridine rings is 1. The molecule has 0 aliphatic rings.